The van der Waals surface area contributed by atoms with Crippen LogP contribution in [0.4, 0.5) is 0 Å². The fourth-order valence-electron chi connectivity index (χ4n) is 0.965. The molecule has 2 rings (SSSR count). The molecule has 1 aliphatic heterocycles. The fourth-order valence-corrected chi connectivity index (χ4v) is 1.15. The summed E-state index contributed by atoms with van der Waals surface area (Å²) < 4.78 is 0. The summed E-state index contributed by atoms with van der Waals surface area (Å²) in [6.07, 6.45) is 6.03. The van der Waals surface area contributed by atoms with Crippen LogP contribution in [0.15, 0.2) is 32.9 Å². The molecule has 0 radical (unpaired) electrons. The van der Waals surface area contributed by atoms with Crippen molar-refractivity contribution >= 4 is 23.7 Å². The van der Waals surface area contributed by atoms with Crippen LogP contribution in [0, 0.1) is 0 Å². The van der Waals surface area contributed by atoms with Crippen LogP contribution in [0.5, 0.6) is 0 Å². The van der Waals surface area contributed by atoms with Crippen molar-refractivity contribution in [2.75, 3.05) is 0 Å². The highest BCUT2D eigenvalue weighted by molar-refractivity contribution is 6.32. The van der Waals surface area contributed by atoms with Crippen molar-refractivity contribution in [3.8, 4) is 0 Å². The largest absolute Gasteiger partial charge is 0.239 e. The molecule has 0 aromatic heterocycles. The number of hydrogen-bond donors (Lipinski definition) is 0. The molecule has 1 aliphatic carbocycles. The minimum atomic E-state index is 0.730. The molecule has 0 aromatic carbocycles. The lowest BCUT2D eigenvalue weighted by atomic mass is 10.1. The zero-order chi connectivity index (χ0) is 6.97. The van der Waals surface area contributed by atoms with Gasteiger partial charge in [0.05, 0.1) is 11.4 Å². The second-order valence-corrected chi connectivity index (χ2v) is 2.65. The SMILES string of the molecule is ClC1=CC=C2N=CN=C2C1. The van der Waals surface area contributed by atoms with Gasteiger partial charge >= 0.3 is 0 Å². The molecular formula is C7H5ClN2. The summed E-state index contributed by atoms with van der Waals surface area (Å²) in [5.74, 6) is 0. The van der Waals surface area contributed by atoms with E-state index in [0.717, 1.165) is 22.9 Å². The first-order chi connectivity index (χ1) is 4.86. The van der Waals surface area contributed by atoms with E-state index in [9.17, 15) is 0 Å². The molecule has 0 N–H and O–H groups in total. The Morgan fingerprint density at radius 2 is 2.30 bits per heavy atom. The molecule has 0 saturated heterocycles. The Labute approximate surface area is 63.6 Å². The predicted molar refractivity (Wildman–Crippen MR) is 42.6 cm³/mol. The van der Waals surface area contributed by atoms with Gasteiger partial charge in [0.15, 0.2) is 0 Å². The number of hydrogen-bond acceptors (Lipinski definition) is 2. The van der Waals surface area contributed by atoms with Crippen LogP contribution in [-0.4, -0.2) is 12.1 Å². The van der Waals surface area contributed by atoms with Gasteiger partial charge in [0.25, 0.3) is 0 Å². The van der Waals surface area contributed by atoms with Crippen LogP contribution >= 0.6 is 11.6 Å². The van der Waals surface area contributed by atoms with Crippen molar-refractivity contribution in [2.24, 2.45) is 9.98 Å². The Morgan fingerprint density at radius 3 is 3.20 bits per heavy atom. The number of fused-ring (bicyclic) bond motifs is 1. The number of aliphatic imine (C=N–C) groups is 2. The fraction of sp³-hybridized carbons (Fsp3) is 0.143. The van der Waals surface area contributed by atoms with E-state index in [1.807, 2.05) is 12.2 Å². The summed E-state index contributed by atoms with van der Waals surface area (Å²) in [5, 5.41) is 0.827. The number of rotatable bonds is 0. The van der Waals surface area contributed by atoms with Gasteiger partial charge in [-0.15, -0.1) is 0 Å². The van der Waals surface area contributed by atoms with E-state index >= 15 is 0 Å². The van der Waals surface area contributed by atoms with Crippen molar-refractivity contribution in [1.82, 2.24) is 0 Å². The predicted octanol–water partition coefficient (Wildman–Crippen LogP) is 1.88. The summed E-state index contributed by atoms with van der Waals surface area (Å²) in [4.78, 5) is 8.06. The van der Waals surface area contributed by atoms with Crippen LogP contribution in [0.3, 0.4) is 0 Å². The normalized spacial score (nSPS) is 21.5. The van der Waals surface area contributed by atoms with Crippen LogP contribution in [0.2, 0.25) is 0 Å². The van der Waals surface area contributed by atoms with Crippen molar-refractivity contribution < 1.29 is 0 Å². The second kappa shape index (κ2) is 2.06. The van der Waals surface area contributed by atoms with Gasteiger partial charge < -0.3 is 0 Å². The summed E-state index contributed by atoms with van der Waals surface area (Å²) in [6.45, 7) is 0. The lowest BCUT2D eigenvalue weighted by Crippen LogP contribution is -2.00. The third-order valence-corrected chi connectivity index (χ3v) is 1.72. The van der Waals surface area contributed by atoms with Crippen molar-refractivity contribution in [3.05, 3.63) is 22.9 Å². The highest BCUT2D eigenvalue weighted by Gasteiger charge is 2.13. The molecule has 3 heteroatoms. The maximum absolute atomic E-state index is 5.76. The first-order valence-corrected chi connectivity index (χ1v) is 3.40. The molecule has 0 fully saturated rings. The first-order valence-electron chi connectivity index (χ1n) is 3.02. The maximum atomic E-state index is 5.76. The zero-order valence-electron chi connectivity index (χ0n) is 5.21. The molecule has 0 saturated carbocycles. The molecular weight excluding hydrogens is 148 g/mol. The van der Waals surface area contributed by atoms with E-state index < -0.39 is 0 Å². The minimum Gasteiger partial charge on any atom is -0.239 e. The van der Waals surface area contributed by atoms with Gasteiger partial charge in [-0.05, 0) is 12.2 Å². The monoisotopic (exact) mass is 152 g/mol. The van der Waals surface area contributed by atoms with E-state index in [1.54, 1.807) is 6.34 Å². The molecule has 0 amide bonds. The highest BCUT2D eigenvalue weighted by atomic mass is 35.5. The average Bonchev–Trinajstić information content (AvgIpc) is 2.33. The molecule has 0 unspecified atom stereocenters. The number of halogens is 1. The molecule has 10 heavy (non-hydrogen) atoms. The van der Waals surface area contributed by atoms with Gasteiger partial charge in [-0.2, -0.15) is 0 Å². The average molecular weight is 153 g/mol. The Morgan fingerprint density at radius 1 is 1.40 bits per heavy atom. The van der Waals surface area contributed by atoms with E-state index in [-0.39, 0.29) is 0 Å². The third-order valence-electron chi connectivity index (χ3n) is 1.46. The standard InChI is InChI=1S/C7H5ClN2/c8-5-1-2-6-7(3-5)10-4-9-6/h1-2,4H,3H2. The van der Waals surface area contributed by atoms with Gasteiger partial charge in [0.1, 0.15) is 6.34 Å². The molecule has 0 aromatic rings. The summed E-state index contributed by atoms with van der Waals surface area (Å²) in [6, 6.07) is 0. The summed E-state index contributed by atoms with van der Waals surface area (Å²) >= 11 is 5.76. The van der Waals surface area contributed by atoms with Gasteiger partial charge in [-0.3, -0.25) is 0 Å². The Bertz CT molecular complexity index is 284. The smallest absolute Gasteiger partial charge is 0.116 e. The van der Waals surface area contributed by atoms with Gasteiger partial charge in [0.2, 0.25) is 0 Å². The van der Waals surface area contributed by atoms with Gasteiger partial charge in [-0.1, -0.05) is 11.6 Å². The Balaban J connectivity index is 2.42. The van der Waals surface area contributed by atoms with Crippen molar-refractivity contribution in [2.45, 2.75) is 6.42 Å². The molecule has 50 valence electrons. The topological polar surface area (TPSA) is 24.7 Å². The van der Waals surface area contributed by atoms with Gasteiger partial charge in [0, 0.05) is 11.5 Å². The maximum Gasteiger partial charge on any atom is 0.116 e. The zero-order valence-corrected chi connectivity index (χ0v) is 5.97. The lowest BCUT2D eigenvalue weighted by Gasteiger charge is -2.04. The molecule has 1 heterocycles. The summed E-state index contributed by atoms with van der Waals surface area (Å²) in [5.41, 5.74) is 1.93. The van der Waals surface area contributed by atoms with E-state index in [2.05, 4.69) is 9.98 Å². The van der Waals surface area contributed by atoms with E-state index in [4.69, 9.17) is 11.6 Å². The minimum absolute atomic E-state index is 0.730. The summed E-state index contributed by atoms with van der Waals surface area (Å²) in [7, 11) is 0. The molecule has 2 aliphatic rings. The second-order valence-electron chi connectivity index (χ2n) is 2.16. The molecule has 0 spiro atoms. The van der Waals surface area contributed by atoms with Crippen molar-refractivity contribution in [1.29, 1.82) is 0 Å². The number of allylic oxidation sites excluding steroid dienone is 4. The van der Waals surface area contributed by atoms with Crippen molar-refractivity contribution in [3.63, 3.8) is 0 Å². The Hall–Kier alpha value is -0.890. The molecule has 2 nitrogen and oxygen atoms in total. The van der Waals surface area contributed by atoms with Crippen LogP contribution in [0.25, 0.3) is 0 Å². The van der Waals surface area contributed by atoms with E-state index in [1.165, 1.54) is 0 Å². The van der Waals surface area contributed by atoms with Crippen LogP contribution in [-0.2, 0) is 0 Å². The molecule has 0 bridgehead atoms. The highest BCUT2D eigenvalue weighted by Crippen LogP contribution is 2.21. The lowest BCUT2D eigenvalue weighted by molar-refractivity contribution is 1.34. The van der Waals surface area contributed by atoms with E-state index in [0.29, 0.717) is 0 Å². The molecule has 0 atom stereocenters. The van der Waals surface area contributed by atoms with Gasteiger partial charge in [-0.25, -0.2) is 9.98 Å². The van der Waals surface area contributed by atoms with Crippen LogP contribution < -0.4 is 0 Å². The number of nitrogens with zero attached hydrogens (tertiary/aromatic N) is 2. The Kier molecular flexibility index (Phi) is 1.21. The quantitative estimate of drug-likeness (QED) is 0.507. The van der Waals surface area contributed by atoms with Crippen LogP contribution in [0.1, 0.15) is 6.42 Å². The third kappa shape index (κ3) is 0.809. The first kappa shape index (κ1) is 5.86.